The van der Waals surface area contributed by atoms with Gasteiger partial charge >= 0.3 is 0 Å². The van der Waals surface area contributed by atoms with Crippen molar-refractivity contribution in [2.45, 2.75) is 56.4 Å². The second kappa shape index (κ2) is 8.78. The highest BCUT2D eigenvalue weighted by Crippen LogP contribution is 2.28. The van der Waals surface area contributed by atoms with E-state index in [9.17, 15) is 4.79 Å². The van der Waals surface area contributed by atoms with E-state index in [0.717, 1.165) is 34.6 Å². The number of nitrogens with zero attached hydrogens (tertiary/aromatic N) is 2. The Kier molecular flexibility index (Phi) is 5.95. The summed E-state index contributed by atoms with van der Waals surface area (Å²) < 4.78 is 0. The molecule has 1 fully saturated rings. The fourth-order valence-electron chi connectivity index (χ4n) is 3.83. The average Bonchev–Trinajstić information content (AvgIpc) is 3.20. The van der Waals surface area contributed by atoms with Crippen molar-refractivity contribution in [3.8, 4) is 11.3 Å². The molecule has 1 saturated carbocycles. The molecule has 6 heteroatoms. The van der Waals surface area contributed by atoms with Crippen molar-refractivity contribution in [3.63, 3.8) is 0 Å². The molecule has 2 N–H and O–H groups in total. The van der Waals surface area contributed by atoms with Crippen LogP contribution in [-0.4, -0.2) is 20.2 Å². The number of aromatic amines is 2. The maximum atomic E-state index is 12.4. The van der Waals surface area contributed by atoms with E-state index in [-0.39, 0.29) is 5.56 Å². The van der Waals surface area contributed by atoms with Gasteiger partial charge in [0.05, 0.1) is 17.1 Å². The SMILES string of the molecule is Cc1c(CC2CCCCC2)nc(SCc2cc(-c3ccccc3)[nH]n2)[nH]c1=O. The molecule has 0 amide bonds. The van der Waals surface area contributed by atoms with Crippen molar-refractivity contribution >= 4 is 11.8 Å². The first kappa shape index (κ1) is 19.0. The fourth-order valence-corrected chi connectivity index (χ4v) is 4.61. The summed E-state index contributed by atoms with van der Waals surface area (Å²) in [6.45, 7) is 1.89. The minimum Gasteiger partial charge on any atom is -0.301 e. The van der Waals surface area contributed by atoms with Crippen LogP contribution in [0, 0.1) is 12.8 Å². The van der Waals surface area contributed by atoms with Crippen LogP contribution in [0.4, 0.5) is 0 Å². The highest BCUT2D eigenvalue weighted by Gasteiger charge is 2.17. The minimum atomic E-state index is -0.0182. The summed E-state index contributed by atoms with van der Waals surface area (Å²) in [5.74, 6) is 1.33. The lowest BCUT2D eigenvalue weighted by molar-refractivity contribution is 0.353. The van der Waals surface area contributed by atoms with Crippen LogP contribution in [0.25, 0.3) is 11.3 Å². The van der Waals surface area contributed by atoms with Crippen molar-refractivity contribution in [1.29, 1.82) is 0 Å². The van der Waals surface area contributed by atoms with Gasteiger partial charge in [-0.1, -0.05) is 74.2 Å². The van der Waals surface area contributed by atoms with Crippen LogP contribution < -0.4 is 5.56 Å². The van der Waals surface area contributed by atoms with E-state index in [1.807, 2.05) is 25.1 Å². The van der Waals surface area contributed by atoms with E-state index in [1.165, 1.54) is 43.9 Å². The molecular formula is C22H26N4OS. The maximum absolute atomic E-state index is 12.4. The van der Waals surface area contributed by atoms with E-state index in [0.29, 0.717) is 16.8 Å². The second-order valence-electron chi connectivity index (χ2n) is 7.58. The molecular weight excluding hydrogens is 368 g/mol. The number of hydrogen-bond donors (Lipinski definition) is 2. The first-order valence-electron chi connectivity index (χ1n) is 10.0. The van der Waals surface area contributed by atoms with Crippen molar-refractivity contribution in [2.24, 2.45) is 5.92 Å². The summed E-state index contributed by atoms with van der Waals surface area (Å²) in [5.41, 5.74) is 4.77. The van der Waals surface area contributed by atoms with Crippen molar-refractivity contribution < 1.29 is 0 Å². The van der Waals surface area contributed by atoms with Crippen LogP contribution in [0.5, 0.6) is 0 Å². The Hall–Kier alpha value is -2.34. The number of aromatic nitrogens is 4. The summed E-state index contributed by atoms with van der Waals surface area (Å²) in [5, 5.41) is 8.17. The van der Waals surface area contributed by atoms with Gasteiger partial charge in [-0.2, -0.15) is 5.10 Å². The Bertz CT molecular complexity index is 974. The van der Waals surface area contributed by atoms with Gasteiger partial charge in [0.25, 0.3) is 5.56 Å². The van der Waals surface area contributed by atoms with E-state index in [1.54, 1.807) is 0 Å². The quantitative estimate of drug-likeness (QED) is 0.461. The molecule has 2 heterocycles. The number of thioether (sulfide) groups is 1. The van der Waals surface area contributed by atoms with Crippen molar-refractivity contribution in [2.75, 3.05) is 0 Å². The molecule has 5 nitrogen and oxygen atoms in total. The van der Waals surface area contributed by atoms with E-state index < -0.39 is 0 Å². The van der Waals surface area contributed by atoms with Crippen LogP contribution in [0.15, 0.2) is 46.3 Å². The van der Waals surface area contributed by atoms with Crippen LogP contribution >= 0.6 is 11.8 Å². The fraction of sp³-hybridized carbons (Fsp3) is 0.409. The van der Waals surface area contributed by atoms with Gasteiger partial charge < -0.3 is 4.98 Å². The third-order valence-corrected chi connectivity index (χ3v) is 6.42. The lowest BCUT2D eigenvalue weighted by Gasteiger charge is -2.21. The molecule has 0 radical (unpaired) electrons. The molecule has 0 saturated heterocycles. The summed E-state index contributed by atoms with van der Waals surface area (Å²) in [6, 6.07) is 12.2. The minimum absolute atomic E-state index is 0.0182. The molecule has 0 unspecified atom stereocenters. The van der Waals surface area contributed by atoms with Gasteiger partial charge in [0.15, 0.2) is 5.16 Å². The molecule has 1 aliphatic rings. The summed E-state index contributed by atoms with van der Waals surface area (Å²) in [7, 11) is 0. The predicted octanol–water partition coefficient (Wildman–Crippen LogP) is 4.88. The van der Waals surface area contributed by atoms with Crippen LogP contribution in [-0.2, 0) is 12.2 Å². The Morgan fingerprint density at radius 1 is 1.14 bits per heavy atom. The van der Waals surface area contributed by atoms with Gasteiger partial charge in [-0.3, -0.25) is 9.89 Å². The van der Waals surface area contributed by atoms with Gasteiger partial charge in [-0.05, 0) is 30.9 Å². The Morgan fingerprint density at radius 3 is 2.71 bits per heavy atom. The second-order valence-corrected chi connectivity index (χ2v) is 8.54. The van der Waals surface area contributed by atoms with Crippen LogP contribution in [0.1, 0.15) is 49.1 Å². The van der Waals surface area contributed by atoms with Gasteiger partial charge in [-0.25, -0.2) is 4.98 Å². The summed E-state index contributed by atoms with van der Waals surface area (Å²) in [6.07, 6.45) is 7.38. The molecule has 0 spiro atoms. The zero-order valence-corrected chi connectivity index (χ0v) is 17.0. The monoisotopic (exact) mass is 394 g/mol. The Morgan fingerprint density at radius 2 is 1.93 bits per heavy atom. The van der Waals surface area contributed by atoms with Gasteiger partial charge in [-0.15, -0.1) is 0 Å². The van der Waals surface area contributed by atoms with Gasteiger partial charge in [0.2, 0.25) is 0 Å². The molecule has 146 valence electrons. The Balaban J connectivity index is 1.45. The van der Waals surface area contributed by atoms with Gasteiger partial charge in [0, 0.05) is 11.3 Å². The average molecular weight is 395 g/mol. The number of benzene rings is 1. The summed E-state index contributed by atoms with van der Waals surface area (Å²) in [4.78, 5) is 20.1. The molecule has 0 atom stereocenters. The van der Waals surface area contributed by atoms with E-state index >= 15 is 0 Å². The highest BCUT2D eigenvalue weighted by molar-refractivity contribution is 7.98. The Labute approximate surface area is 169 Å². The predicted molar refractivity (Wildman–Crippen MR) is 113 cm³/mol. The number of H-pyrrole nitrogens is 2. The number of nitrogens with one attached hydrogen (secondary N) is 2. The zero-order chi connectivity index (χ0) is 19.3. The number of hydrogen-bond acceptors (Lipinski definition) is 4. The third kappa shape index (κ3) is 4.55. The standard InChI is InChI=1S/C22H26N4OS/c1-15-19(12-16-8-4-2-5-9-16)23-22(24-21(15)27)28-14-18-13-20(26-25-18)17-10-6-3-7-11-17/h3,6-7,10-11,13,16H,2,4-5,8-9,12,14H2,1H3,(H,25,26)(H,23,24,27). The summed E-state index contributed by atoms with van der Waals surface area (Å²) >= 11 is 1.53. The first-order chi connectivity index (χ1) is 13.7. The molecule has 1 aromatic carbocycles. The normalized spacial score (nSPS) is 15.0. The molecule has 4 rings (SSSR count). The van der Waals surface area contributed by atoms with Gasteiger partial charge in [0.1, 0.15) is 0 Å². The maximum Gasteiger partial charge on any atom is 0.254 e. The largest absolute Gasteiger partial charge is 0.301 e. The van der Waals surface area contributed by atoms with Crippen LogP contribution in [0.3, 0.4) is 0 Å². The lowest BCUT2D eigenvalue weighted by Crippen LogP contribution is -2.19. The highest BCUT2D eigenvalue weighted by atomic mass is 32.2. The van der Waals surface area contributed by atoms with E-state index in [2.05, 4.69) is 33.4 Å². The van der Waals surface area contributed by atoms with Crippen molar-refractivity contribution in [1.82, 2.24) is 20.2 Å². The molecule has 0 aliphatic heterocycles. The molecule has 0 bridgehead atoms. The topological polar surface area (TPSA) is 74.4 Å². The smallest absolute Gasteiger partial charge is 0.254 e. The van der Waals surface area contributed by atoms with Crippen LogP contribution in [0.2, 0.25) is 0 Å². The first-order valence-corrected chi connectivity index (χ1v) is 11.0. The number of rotatable bonds is 6. The zero-order valence-electron chi connectivity index (χ0n) is 16.2. The third-order valence-electron chi connectivity index (χ3n) is 5.51. The molecule has 28 heavy (non-hydrogen) atoms. The molecule has 2 aromatic heterocycles. The van der Waals surface area contributed by atoms with E-state index in [4.69, 9.17) is 4.98 Å². The lowest BCUT2D eigenvalue weighted by atomic mass is 9.85. The molecule has 1 aliphatic carbocycles. The van der Waals surface area contributed by atoms with Crippen molar-refractivity contribution in [3.05, 3.63) is 63.7 Å². The molecule has 3 aromatic rings.